The minimum atomic E-state index is -0.179. The van der Waals surface area contributed by atoms with Crippen molar-refractivity contribution in [2.45, 2.75) is 19.3 Å². The maximum absolute atomic E-state index is 11.6. The Hall–Kier alpha value is -1.56. The van der Waals surface area contributed by atoms with Gasteiger partial charge in [0.25, 0.3) is 5.91 Å². The lowest BCUT2D eigenvalue weighted by Gasteiger charge is -2.14. The fraction of sp³-hybridized carbons (Fsp3) is 0.636. The molecule has 0 aliphatic carbocycles. The lowest BCUT2D eigenvalue weighted by Crippen LogP contribution is -2.29. The summed E-state index contributed by atoms with van der Waals surface area (Å²) in [5.74, 6) is -0.179. The van der Waals surface area contributed by atoms with Crippen LogP contribution in [0.5, 0.6) is 0 Å². The highest BCUT2D eigenvalue weighted by atomic mass is 16.1. The number of anilines is 1. The molecule has 1 aliphatic heterocycles. The highest BCUT2D eigenvalue weighted by molar-refractivity contribution is 5.96. The third kappa shape index (κ3) is 3.20. The lowest BCUT2D eigenvalue weighted by atomic mass is 10.3. The highest BCUT2D eigenvalue weighted by Gasteiger charge is 2.12. The number of rotatable bonds is 5. The lowest BCUT2D eigenvalue weighted by molar-refractivity contribution is 0.0948. The van der Waals surface area contributed by atoms with Crippen LogP contribution in [0.3, 0.4) is 0 Å². The van der Waals surface area contributed by atoms with Crippen LogP contribution in [0.4, 0.5) is 5.69 Å². The fourth-order valence-electron chi connectivity index (χ4n) is 2.08. The van der Waals surface area contributed by atoms with E-state index in [1.807, 2.05) is 0 Å². The van der Waals surface area contributed by atoms with Crippen molar-refractivity contribution < 1.29 is 4.79 Å². The van der Waals surface area contributed by atoms with Crippen molar-refractivity contribution in [1.29, 1.82) is 0 Å². The van der Waals surface area contributed by atoms with Crippen molar-refractivity contribution >= 4 is 11.6 Å². The molecule has 1 aromatic rings. The molecule has 6 nitrogen and oxygen atoms in total. The number of amides is 1. The number of nitrogen functional groups attached to an aromatic ring is 1. The third-order valence-electron chi connectivity index (χ3n) is 3.03. The number of carbonyl (C=O) groups is 1. The number of hydrogen-bond donors (Lipinski definition) is 3. The van der Waals surface area contributed by atoms with Gasteiger partial charge >= 0.3 is 0 Å². The summed E-state index contributed by atoms with van der Waals surface area (Å²) in [5.41, 5.74) is 6.33. The van der Waals surface area contributed by atoms with E-state index in [9.17, 15) is 4.79 Å². The molecule has 1 amide bonds. The van der Waals surface area contributed by atoms with Gasteiger partial charge in [0.05, 0.1) is 11.9 Å². The molecule has 4 N–H and O–H groups in total. The summed E-state index contributed by atoms with van der Waals surface area (Å²) in [6, 6.07) is 0. The molecular formula is C11H19N5O. The average molecular weight is 237 g/mol. The van der Waals surface area contributed by atoms with Gasteiger partial charge in [-0.2, -0.15) is 5.10 Å². The van der Waals surface area contributed by atoms with Crippen LogP contribution in [0.25, 0.3) is 0 Å². The van der Waals surface area contributed by atoms with Gasteiger partial charge in [-0.25, -0.2) is 0 Å². The normalized spacial score (nSPS) is 16.2. The molecule has 94 valence electrons. The number of nitrogens with one attached hydrogen (secondary N) is 2. The Morgan fingerprint density at radius 3 is 2.94 bits per heavy atom. The number of aromatic nitrogens is 2. The van der Waals surface area contributed by atoms with Gasteiger partial charge in [-0.05, 0) is 38.9 Å². The molecule has 17 heavy (non-hydrogen) atoms. The van der Waals surface area contributed by atoms with Crippen molar-refractivity contribution in [2.24, 2.45) is 0 Å². The van der Waals surface area contributed by atoms with Crippen LogP contribution in [-0.4, -0.2) is 47.2 Å². The van der Waals surface area contributed by atoms with Crippen LogP contribution in [0.2, 0.25) is 0 Å². The molecule has 0 spiro atoms. The summed E-state index contributed by atoms with van der Waals surface area (Å²) in [7, 11) is 0. The number of H-pyrrole nitrogens is 1. The van der Waals surface area contributed by atoms with Crippen LogP contribution in [0, 0.1) is 0 Å². The summed E-state index contributed by atoms with van der Waals surface area (Å²) in [5, 5.41) is 9.14. The Kier molecular flexibility index (Phi) is 3.98. The smallest absolute Gasteiger partial charge is 0.271 e. The fourth-order valence-corrected chi connectivity index (χ4v) is 2.08. The van der Waals surface area contributed by atoms with Crippen LogP contribution in [0.15, 0.2) is 6.20 Å². The second-order valence-corrected chi connectivity index (χ2v) is 4.36. The van der Waals surface area contributed by atoms with Crippen LogP contribution in [-0.2, 0) is 0 Å². The molecule has 0 bridgehead atoms. The predicted octanol–water partition coefficient (Wildman–Crippen LogP) is 0.208. The first-order valence-corrected chi connectivity index (χ1v) is 6.07. The number of nitrogens with two attached hydrogens (primary N) is 1. The van der Waals surface area contributed by atoms with Crippen molar-refractivity contribution in [3.63, 3.8) is 0 Å². The molecule has 0 saturated carbocycles. The van der Waals surface area contributed by atoms with Crippen molar-refractivity contribution in [3.05, 3.63) is 11.9 Å². The van der Waals surface area contributed by atoms with Crippen LogP contribution < -0.4 is 11.1 Å². The van der Waals surface area contributed by atoms with E-state index in [0.29, 0.717) is 17.9 Å². The topological polar surface area (TPSA) is 87.0 Å². The number of likely N-dealkylation sites (tertiary alicyclic amines) is 1. The van der Waals surface area contributed by atoms with Gasteiger partial charge in [-0.15, -0.1) is 0 Å². The predicted molar refractivity (Wildman–Crippen MR) is 65.6 cm³/mol. The Morgan fingerprint density at radius 1 is 1.53 bits per heavy atom. The molecular weight excluding hydrogens is 218 g/mol. The molecule has 0 atom stereocenters. The molecule has 2 heterocycles. The number of aromatic amines is 1. The molecule has 2 rings (SSSR count). The highest BCUT2D eigenvalue weighted by Crippen LogP contribution is 2.07. The van der Waals surface area contributed by atoms with Gasteiger partial charge in [0.15, 0.2) is 0 Å². The van der Waals surface area contributed by atoms with E-state index >= 15 is 0 Å². The second-order valence-electron chi connectivity index (χ2n) is 4.36. The first kappa shape index (κ1) is 11.9. The number of nitrogens with zero attached hydrogens (tertiary/aromatic N) is 2. The molecule has 1 fully saturated rings. The van der Waals surface area contributed by atoms with Gasteiger partial charge < -0.3 is 16.0 Å². The molecule has 0 radical (unpaired) electrons. The van der Waals surface area contributed by atoms with Crippen LogP contribution >= 0.6 is 0 Å². The molecule has 0 unspecified atom stereocenters. The van der Waals surface area contributed by atoms with Gasteiger partial charge in [-0.1, -0.05) is 0 Å². The quantitative estimate of drug-likeness (QED) is 0.639. The van der Waals surface area contributed by atoms with E-state index in [-0.39, 0.29) is 5.91 Å². The van der Waals surface area contributed by atoms with Gasteiger partial charge in [0, 0.05) is 6.54 Å². The number of hydrogen-bond acceptors (Lipinski definition) is 4. The SMILES string of the molecule is Nc1cn[nH]c1C(=O)NCCCN1CCCC1. The Bertz CT molecular complexity index is 370. The summed E-state index contributed by atoms with van der Waals surface area (Å²) < 4.78 is 0. The van der Waals surface area contributed by atoms with Crippen LogP contribution in [0.1, 0.15) is 29.8 Å². The average Bonchev–Trinajstić information content (AvgIpc) is 2.95. The monoisotopic (exact) mass is 237 g/mol. The van der Waals surface area contributed by atoms with E-state index < -0.39 is 0 Å². The first-order valence-electron chi connectivity index (χ1n) is 6.07. The van der Waals surface area contributed by atoms with Crippen molar-refractivity contribution in [2.75, 3.05) is 31.9 Å². The maximum atomic E-state index is 11.6. The largest absolute Gasteiger partial charge is 0.396 e. The summed E-state index contributed by atoms with van der Waals surface area (Å²) >= 11 is 0. The zero-order valence-electron chi connectivity index (χ0n) is 9.91. The standard InChI is InChI=1S/C11H19N5O/c12-9-8-14-15-10(9)11(17)13-4-3-7-16-5-1-2-6-16/h8H,1-7,12H2,(H,13,17)(H,14,15). The zero-order valence-corrected chi connectivity index (χ0v) is 9.91. The van der Waals surface area contributed by atoms with E-state index in [1.165, 1.54) is 32.1 Å². The van der Waals surface area contributed by atoms with Crippen molar-refractivity contribution in [3.8, 4) is 0 Å². The van der Waals surface area contributed by atoms with E-state index in [0.717, 1.165) is 13.0 Å². The van der Waals surface area contributed by atoms with Gasteiger partial charge in [0.1, 0.15) is 5.69 Å². The zero-order chi connectivity index (χ0) is 12.1. The van der Waals surface area contributed by atoms with E-state index in [2.05, 4.69) is 20.4 Å². The van der Waals surface area contributed by atoms with E-state index in [4.69, 9.17) is 5.73 Å². The second kappa shape index (κ2) is 5.67. The third-order valence-corrected chi connectivity index (χ3v) is 3.03. The summed E-state index contributed by atoms with van der Waals surface area (Å²) in [4.78, 5) is 14.1. The van der Waals surface area contributed by atoms with Crippen molar-refractivity contribution in [1.82, 2.24) is 20.4 Å². The molecule has 1 aromatic heterocycles. The van der Waals surface area contributed by atoms with Gasteiger partial charge in [0.2, 0.25) is 0 Å². The Balaban J connectivity index is 1.65. The minimum absolute atomic E-state index is 0.179. The van der Waals surface area contributed by atoms with Gasteiger partial charge in [-0.3, -0.25) is 9.89 Å². The molecule has 1 saturated heterocycles. The maximum Gasteiger partial charge on any atom is 0.271 e. The van der Waals surface area contributed by atoms with E-state index in [1.54, 1.807) is 0 Å². The minimum Gasteiger partial charge on any atom is -0.396 e. The number of carbonyl (C=O) groups excluding carboxylic acids is 1. The molecule has 0 aromatic carbocycles. The Morgan fingerprint density at radius 2 is 2.29 bits per heavy atom. The summed E-state index contributed by atoms with van der Waals surface area (Å²) in [6.07, 6.45) is 5.02. The molecule has 6 heteroatoms. The first-order chi connectivity index (χ1) is 8.27. The Labute approximate surface area is 101 Å². The molecule has 1 aliphatic rings. The summed E-state index contributed by atoms with van der Waals surface area (Å²) in [6.45, 7) is 4.12.